The van der Waals surface area contributed by atoms with Crippen LogP contribution < -0.4 is 5.32 Å². The number of benzene rings is 1. The number of nitrogens with zero attached hydrogens (tertiary/aromatic N) is 3. The quantitative estimate of drug-likeness (QED) is 0.655. The van der Waals surface area contributed by atoms with Crippen LogP contribution in [0.15, 0.2) is 47.1 Å². The first-order chi connectivity index (χ1) is 11.5. The highest BCUT2D eigenvalue weighted by molar-refractivity contribution is 9.10. The minimum atomic E-state index is -0.263. The molecule has 2 heterocycles. The standard InChI is InChI=1S/C17H14BrClN4O/c1-10-15(11-3-5-13(18)6-4-11)16(23(2)22-10)21-17(24)12-7-8-20-14(19)9-12/h3-9H,1-2H3,(H,21,24). The lowest BCUT2D eigenvalue weighted by atomic mass is 10.1. The Labute approximate surface area is 152 Å². The van der Waals surface area contributed by atoms with Crippen LogP contribution in [0.5, 0.6) is 0 Å². The van der Waals surface area contributed by atoms with Crippen molar-refractivity contribution in [2.45, 2.75) is 6.92 Å². The van der Waals surface area contributed by atoms with E-state index in [0.29, 0.717) is 11.4 Å². The molecule has 0 aliphatic carbocycles. The Morgan fingerprint density at radius 2 is 1.96 bits per heavy atom. The van der Waals surface area contributed by atoms with Crippen molar-refractivity contribution in [1.82, 2.24) is 14.8 Å². The lowest BCUT2D eigenvalue weighted by Gasteiger charge is -2.09. The van der Waals surface area contributed by atoms with E-state index in [4.69, 9.17) is 11.6 Å². The molecule has 0 bridgehead atoms. The normalized spacial score (nSPS) is 10.7. The fourth-order valence-electron chi connectivity index (χ4n) is 2.49. The monoisotopic (exact) mass is 404 g/mol. The van der Waals surface area contributed by atoms with Gasteiger partial charge in [-0.05, 0) is 36.8 Å². The summed E-state index contributed by atoms with van der Waals surface area (Å²) in [5, 5.41) is 7.62. The van der Waals surface area contributed by atoms with Crippen LogP contribution in [0.3, 0.4) is 0 Å². The Morgan fingerprint density at radius 3 is 2.62 bits per heavy atom. The molecule has 5 nitrogen and oxygen atoms in total. The van der Waals surface area contributed by atoms with Gasteiger partial charge in [-0.2, -0.15) is 5.10 Å². The van der Waals surface area contributed by atoms with Crippen LogP contribution in [-0.4, -0.2) is 20.7 Å². The van der Waals surface area contributed by atoms with Crippen molar-refractivity contribution >= 4 is 39.3 Å². The van der Waals surface area contributed by atoms with Gasteiger partial charge >= 0.3 is 0 Å². The first kappa shape index (κ1) is 16.7. The number of halogens is 2. The molecule has 1 aromatic carbocycles. The summed E-state index contributed by atoms with van der Waals surface area (Å²) in [7, 11) is 1.80. The van der Waals surface area contributed by atoms with E-state index >= 15 is 0 Å². The molecule has 1 N–H and O–H groups in total. The molecule has 0 spiro atoms. The Kier molecular flexibility index (Phi) is 4.69. The largest absolute Gasteiger partial charge is 0.306 e. The molecule has 3 rings (SSSR count). The second-order valence-corrected chi connectivity index (χ2v) is 6.56. The van der Waals surface area contributed by atoms with E-state index in [1.165, 1.54) is 12.3 Å². The molecule has 3 aromatic rings. The number of nitrogens with one attached hydrogen (secondary N) is 1. The minimum Gasteiger partial charge on any atom is -0.306 e. The van der Waals surface area contributed by atoms with E-state index in [-0.39, 0.29) is 11.1 Å². The highest BCUT2D eigenvalue weighted by Crippen LogP contribution is 2.32. The number of anilines is 1. The van der Waals surface area contributed by atoms with Crippen molar-refractivity contribution in [3.63, 3.8) is 0 Å². The molecule has 24 heavy (non-hydrogen) atoms. The van der Waals surface area contributed by atoms with Gasteiger partial charge < -0.3 is 5.32 Å². The Morgan fingerprint density at radius 1 is 1.25 bits per heavy atom. The van der Waals surface area contributed by atoms with Crippen molar-refractivity contribution in [1.29, 1.82) is 0 Å². The number of amides is 1. The maximum atomic E-state index is 12.5. The van der Waals surface area contributed by atoms with Crippen LogP contribution >= 0.6 is 27.5 Å². The topological polar surface area (TPSA) is 59.8 Å². The van der Waals surface area contributed by atoms with E-state index < -0.39 is 0 Å². The van der Waals surface area contributed by atoms with Crippen LogP contribution in [0.25, 0.3) is 11.1 Å². The fourth-order valence-corrected chi connectivity index (χ4v) is 2.93. The summed E-state index contributed by atoms with van der Waals surface area (Å²) in [6.07, 6.45) is 1.50. The number of pyridine rings is 1. The molecule has 0 saturated heterocycles. The zero-order valence-corrected chi connectivity index (χ0v) is 15.4. The fraction of sp³-hybridized carbons (Fsp3) is 0.118. The van der Waals surface area contributed by atoms with Crippen LogP contribution in [0.2, 0.25) is 5.15 Å². The lowest BCUT2D eigenvalue weighted by Crippen LogP contribution is -2.15. The Bertz CT molecular complexity index is 905. The van der Waals surface area contributed by atoms with Gasteiger partial charge in [0, 0.05) is 28.8 Å². The number of hydrogen-bond donors (Lipinski definition) is 1. The summed E-state index contributed by atoms with van der Waals surface area (Å²) in [5.41, 5.74) is 3.14. The highest BCUT2D eigenvalue weighted by atomic mass is 79.9. The SMILES string of the molecule is Cc1nn(C)c(NC(=O)c2ccnc(Cl)c2)c1-c1ccc(Br)cc1. The van der Waals surface area contributed by atoms with Crippen LogP contribution in [0, 0.1) is 6.92 Å². The van der Waals surface area contributed by atoms with Gasteiger partial charge in [0.1, 0.15) is 11.0 Å². The van der Waals surface area contributed by atoms with E-state index in [0.717, 1.165) is 21.3 Å². The van der Waals surface area contributed by atoms with Crippen LogP contribution in [0.4, 0.5) is 5.82 Å². The zero-order chi connectivity index (χ0) is 17.3. The predicted molar refractivity (Wildman–Crippen MR) is 98.3 cm³/mol. The summed E-state index contributed by atoms with van der Waals surface area (Å²) in [6, 6.07) is 11.0. The molecule has 0 fully saturated rings. The summed E-state index contributed by atoms with van der Waals surface area (Å²) >= 11 is 9.29. The maximum Gasteiger partial charge on any atom is 0.256 e. The summed E-state index contributed by atoms with van der Waals surface area (Å²) in [5.74, 6) is 0.369. The summed E-state index contributed by atoms with van der Waals surface area (Å²) < 4.78 is 2.65. The molecular weight excluding hydrogens is 392 g/mol. The van der Waals surface area contributed by atoms with Crippen molar-refractivity contribution in [2.24, 2.45) is 7.05 Å². The van der Waals surface area contributed by atoms with E-state index in [1.807, 2.05) is 31.2 Å². The molecule has 2 aromatic heterocycles. The number of aromatic nitrogens is 3. The van der Waals surface area contributed by atoms with Gasteiger partial charge in [0.05, 0.1) is 5.69 Å². The molecule has 122 valence electrons. The number of carbonyl (C=O) groups excluding carboxylic acids is 1. The van der Waals surface area contributed by atoms with Gasteiger partial charge in [0.25, 0.3) is 5.91 Å². The third-order valence-corrected chi connectivity index (χ3v) is 4.31. The van der Waals surface area contributed by atoms with Gasteiger partial charge in [-0.3, -0.25) is 9.48 Å². The van der Waals surface area contributed by atoms with Crippen molar-refractivity contribution in [3.8, 4) is 11.1 Å². The van der Waals surface area contributed by atoms with Crippen molar-refractivity contribution < 1.29 is 4.79 Å². The van der Waals surface area contributed by atoms with Crippen LogP contribution in [0.1, 0.15) is 16.1 Å². The Balaban J connectivity index is 1.99. The first-order valence-corrected chi connectivity index (χ1v) is 8.35. The van der Waals surface area contributed by atoms with E-state index in [2.05, 4.69) is 31.3 Å². The second-order valence-electron chi connectivity index (χ2n) is 5.26. The zero-order valence-electron chi connectivity index (χ0n) is 13.0. The number of hydrogen-bond acceptors (Lipinski definition) is 3. The molecule has 0 aliphatic rings. The molecular formula is C17H14BrClN4O. The predicted octanol–water partition coefficient (Wildman–Crippen LogP) is 4.46. The molecule has 0 atom stereocenters. The molecule has 0 radical (unpaired) electrons. The van der Waals surface area contributed by atoms with E-state index in [1.54, 1.807) is 17.8 Å². The van der Waals surface area contributed by atoms with Crippen molar-refractivity contribution in [2.75, 3.05) is 5.32 Å². The molecule has 7 heteroatoms. The third kappa shape index (κ3) is 3.34. The summed E-state index contributed by atoms with van der Waals surface area (Å²) in [6.45, 7) is 1.91. The molecule has 0 saturated carbocycles. The summed E-state index contributed by atoms with van der Waals surface area (Å²) in [4.78, 5) is 16.4. The molecule has 1 amide bonds. The molecule has 0 unspecified atom stereocenters. The molecule has 0 aliphatic heterocycles. The Hall–Kier alpha value is -2.18. The lowest BCUT2D eigenvalue weighted by molar-refractivity contribution is 0.102. The maximum absolute atomic E-state index is 12.5. The van der Waals surface area contributed by atoms with Gasteiger partial charge in [-0.25, -0.2) is 4.98 Å². The number of rotatable bonds is 3. The minimum absolute atomic E-state index is 0.263. The average molecular weight is 406 g/mol. The first-order valence-electron chi connectivity index (χ1n) is 7.18. The van der Waals surface area contributed by atoms with Gasteiger partial charge in [-0.15, -0.1) is 0 Å². The second kappa shape index (κ2) is 6.75. The third-order valence-electron chi connectivity index (χ3n) is 3.58. The number of aryl methyl sites for hydroxylation is 2. The van der Waals surface area contributed by atoms with Gasteiger partial charge in [0.2, 0.25) is 0 Å². The van der Waals surface area contributed by atoms with Gasteiger partial charge in [0.15, 0.2) is 0 Å². The van der Waals surface area contributed by atoms with Crippen LogP contribution in [-0.2, 0) is 7.05 Å². The average Bonchev–Trinajstić information content (AvgIpc) is 2.82. The van der Waals surface area contributed by atoms with Gasteiger partial charge in [-0.1, -0.05) is 39.7 Å². The van der Waals surface area contributed by atoms with E-state index in [9.17, 15) is 4.79 Å². The van der Waals surface area contributed by atoms with Crippen molar-refractivity contribution in [3.05, 3.63) is 63.5 Å². The number of carbonyl (C=O) groups is 1. The smallest absolute Gasteiger partial charge is 0.256 e. The highest BCUT2D eigenvalue weighted by Gasteiger charge is 2.18.